The molecule has 1 saturated heterocycles. The number of benzene rings is 3. The molecule has 4 rings (SSSR count). The van der Waals surface area contributed by atoms with Crippen LogP contribution in [0.3, 0.4) is 0 Å². The number of hydrazone groups is 1. The van der Waals surface area contributed by atoms with Crippen LogP contribution in [0.25, 0.3) is 0 Å². The lowest BCUT2D eigenvalue weighted by Gasteiger charge is -2.31. The Morgan fingerprint density at radius 3 is 2.19 bits per heavy atom. The molecule has 0 aromatic heterocycles. The van der Waals surface area contributed by atoms with Gasteiger partial charge in [0.2, 0.25) is 5.91 Å². The van der Waals surface area contributed by atoms with Crippen LogP contribution in [0.4, 0.5) is 0 Å². The van der Waals surface area contributed by atoms with Crippen molar-refractivity contribution >= 4 is 18.0 Å². The summed E-state index contributed by atoms with van der Waals surface area (Å²) in [5.41, 5.74) is 5.08. The van der Waals surface area contributed by atoms with E-state index in [4.69, 9.17) is 14.2 Å². The van der Waals surface area contributed by atoms with Gasteiger partial charge in [-0.1, -0.05) is 30.3 Å². The van der Waals surface area contributed by atoms with E-state index in [1.807, 2.05) is 54.6 Å². The van der Waals surface area contributed by atoms with E-state index in [2.05, 4.69) is 10.5 Å². The number of hydrogen-bond acceptors (Lipinski definition) is 6. The first kappa shape index (κ1) is 25.8. The monoisotopic (exact) mass is 501 g/mol. The molecule has 1 aliphatic rings. The fraction of sp³-hybridized carbons (Fsp3) is 0.276. The number of methoxy groups -OCH3 is 2. The minimum atomic E-state index is -0.199. The van der Waals surface area contributed by atoms with Crippen LogP contribution in [-0.4, -0.2) is 50.2 Å². The molecular formula is C29H31N3O5. The summed E-state index contributed by atoms with van der Waals surface area (Å²) in [6, 6.07) is 22.6. The molecule has 0 spiro atoms. The minimum Gasteiger partial charge on any atom is -0.497 e. The Morgan fingerprint density at radius 1 is 0.919 bits per heavy atom. The first-order valence-electron chi connectivity index (χ1n) is 12.2. The summed E-state index contributed by atoms with van der Waals surface area (Å²) in [6.45, 7) is 1.48. The van der Waals surface area contributed by atoms with Gasteiger partial charge < -0.3 is 19.1 Å². The summed E-state index contributed by atoms with van der Waals surface area (Å²) in [4.78, 5) is 27.3. The number of hydrogen-bond donors (Lipinski definition) is 1. The number of amides is 2. The Labute approximate surface area is 216 Å². The van der Waals surface area contributed by atoms with Crippen molar-refractivity contribution in [3.05, 3.63) is 89.5 Å². The minimum absolute atomic E-state index is 0.106. The van der Waals surface area contributed by atoms with Gasteiger partial charge >= 0.3 is 0 Å². The second-order valence-electron chi connectivity index (χ2n) is 8.75. The van der Waals surface area contributed by atoms with Crippen molar-refractivity contribution in [2.24, 2.45) is 11.0 Å². The molecule has 0 radical (unpaired) electrons. The molecule has 1 heterocycles. The zero-order valence-corrected chi connectivity index (χ0v) is 21.1. The second-order valence-corrected chi connectivity index (χ2v) is 8.75. The summed E-state index contributed by atoms with van der Waals surface area (Å²) in [5.74, 6) is 1.43. The molecule has 1 aliphatic heterocycles. The van der Waals surface area contributed by atoms with Crippen molar-refractivity contribution in [2.45, 2.75) is 19.4 Å². The average molecular weight is 502 g/mol. The lowest BCUT2D eigenvalue weighted by Crippen LogP contribution is -2.42. The van der Waals surface area contributed by atoms with Gasteiger partial charge in [0.25, 0.3) is 5.91 Å². The van der Waals surface area contributed by atoms with Crippen molar-refractivity contribution in [1.82, 2.24) is 10.3 Å². The molecule has 3 aromatic rings. The van der Waals surface area contributed by atoms with Gasteiger partial charge in [-0.25, -0.2) is 5.43 Å². The van der Waals surface area contributed by atoms with E-state index in [0.717, 1.165) is 16.9 Å². The predicted molar refractivity (Wildman–Crippen MR) is 141 cm³/mol. The molecule has 0 bridgehead atoms. The van der Waals surface area contributed by atoms with Crippen LogP contribution in [0, 0.1) is 5.92 Å². The third-order valence-corrected chi connectivity index (χ3v) is 6.27. The number of carbonyl (C=O) groups excluding carboxylic acids is 2. The molecule has 1 N–H and O–H groups in total. The van der Waals surface area contributed by atoms with Crippen molar-refractivity contribution in [1.29, 1.82) is 0 Å². The third-order valence-electron chi connectivity index (χ3n) is 6.27. The summed E-state index contributed by atoms with van der Waals surface area (Å²) < 4.78 is 16.3. The average Bonchev–Trinajstić information content (AvgIpc) is 2.96. The fourth-order valence-electron chi connectivity index (χ4n) is 4.11. The van der Waals surface area contributed by atoms with Crippen LogP contribution < -0.4 is 19.6 Å². The Kier molecular flexibility index (Phi) is 8.75. The van der Waals surface area contributed by atoms with Crippen LogP contribution in [0.5, 0.6) is 17.2 Å². The van der Waals surface area contributed by atoms with Crippen molar-refractivity contribution < 1.29 is 23.8 Å². The van der Waals surface area contributed by atoms with Gasteiger partial charge in [-0.2, -0.15) is 5.10 Å². The smallest absolute Gasteiger partial charge is 0.254 e. The van der Waals surface area contributed by atoms with Crippen molar-refractivity contribution in [3.63, 3.8) is 0 Å². The largest absolute Gasteiger partial charge is 0.497 e. The van der Waals surface area contributed by atoms with Gasteiger partial charge in [-0.3, -0.25) is 9.59 Å². The van der Waals surface area contributed by atoms with E-state index in [1.54, 1.807) is 43.5 Å². The van der Waals surface area contributed by atoms with E-state index < -0.39 is 0 Å². The van der Waals surface area contributed by atoms with E-state index in [0.29, 0.717) is 49.6 Å². The van der Waals surface area contributed by atoms with Crippen LogP contribution in [0.2, 0.25) is 0 Å². The molecule has 8 nitrogen and oxygen atoms in total. The number of nitrogens with one attached hydrogen (secondary N) is 1. The topological polar surface area (TPSA) is 89.5 Å². The summed E-state index contributed by atoms with van der Waals surface area (Å²) in [7, 11) is 3.10. The lowest BCUT2D eigenvalue weighted by atomic mass is 9.95. The van der Waals surface area contributed by atoms with E-state index in [1.165, 1.54) is 0 Å². The van der Waals surface area contributed by atoms with Crippen molar-refractivity contribution in [3.8, 4) is 17.2 Å². The first-order valence-corrected chi connectivity index (χ1v) is 12.2. The molecule has 192 valence electrons. The number of nitrogens with zero attached hydrogens (tertiary/aromatic N) is 2. The molecule has 0 saturated carbocycles. The highest BCUT2D eigenvalue weighted by Crippen LogP contribution is 2.25. The zero-order valence-electron chi connectivity index (χ0n) is 21.1. The molecule has 1 fully saturated rings. The van der Waals surface area contributed by atoms with Gasteiger partial charge in [-0.05, 0) is 60.4 Å². The Hall–Kier alpha value is -4.33. The van der Waals surface area contributed by atoms with Crippen LogP contribution in [0.15, 0.2) is 77.9 Å². The molecule has 3 aromatic carbocycles. The quantitative estimate of drug-likeness (QED) is 0.349. The van der Waals surface area contributed by atoms with Crippen LogP contribution in [0.1, 0.15) is 34.3 Å². The first-order chi connectivity index (χ1) is 18.1. The third kappa shape index (κ3) is 7.10. The molecule has 2 amide bonds. The summed E-state index contributed by atoms with van der Waals surface area (Å²) in [5, 5.41) is 4.11. The molecule has 0 atom stereocenters. The zero-order chi connectivity index (χ0) is 26.0. The molecule has 0 aliphatic carbocycles. The SMILES string of the molecule is COc1cc(OC)cc(C(=O)N2CCC(C(=O)NN=Cc3ccc(OCc4ccccc4)cc3)CC2)c1. The predicted octanol–water partition coefficient (Wildman–Crippen LogP) is 4.29. The van der Waals surface area contributed by atoms with Crippen LogP contribution in [-0.2, 0) is 11.4 Å². The van der Waals surface area contributed by atoms with Crippen molar-refractivity contribution in [2.75, 3.05) is 27.3 Å². The maximum atomic E-state index is 13.0. The molecule has 8 heteroatoms. The Bertz CT molecular complexity index is 1200. The van der Waals surface area contributed by atoms with Gasteiger partial charge in [-0.15, -0.1) is 0 Å². The number of piperidine rings is 1. The maximum absolute atomic E-state index is 13.0. The van der Waals surface area contributed by atoms with E-state index >= 15 is 0 Å². The normalized spacial score (nSPS) is 13.8. The Morgan fingerprint density at radius 2 is 1.57 bits per heavy atom. The number of ether oxygens (including phenoxy) is 3. The number of rotatable bonds is 9. The number of likely N-dealkylation sites (tertiary alicyclic amines) is 1. The van der Waals surface area contributed by atoms with Gasteiger partial charge in [0.15, 0.2) is 0 Å². The van der Waals surface area contributed by atoms with E-state index in [-0.39, 0.29) is 17.7 Å². The van der Waals surface area contributed by atoms with E-state index in [9.17, 15) is 9.59 Å². The fourth-order valence-corrected chi connectivity index (χ4v) is 4.11. The Balaban J connectivity index is 1.23. The second kappa shape index (κ2) is 12.6. The standard InChI is InChI=1S/C29H31N3O5/c1-35-26-16-24(17-27(18-26)36-2)29(34)32-14-12-23(13-15-32)28(33)31-30-19-21-8-10-25(11-9-21)37-20-22-6-4-3-5-7-22/h3-11,16-19,23H,12-15,20H2,1-2H3,(H,31,33). The molecule has 37 heavy (non-hydrogen) atoms. The highest BCUT2D eigenvalue weighted by molar-refractivity contribution is 5.95. The molecular weight excluding hydrogens is 470 g/mol. The molecule has 0 unspecified atom stereocenters. The van der Waals surface area contributed by atoms with Gasteiger partial charge in [0, 0.05) is 30.6 Å². The summed E-state index contributed by atoms with van der Waals surface area (Å²) >= 11 is 0. The van der Waals surface area contributed by atoms with Crippen LogP contribution >= 0.6 is 0 Å². The maximum Gasteiger partial charge on any atom is 0.254 e. The lowest BCUT2D eigenvalue weighted by molar-refractivity contribution is -0.126. The van der Waals surface area contributed by atoms with Gasteiger partial charge in [0.1, 0.15) is 23.9 Å². The highest BCUT2D eigenvalue weighted by Gasteiger charge is 2.28. The summed E-state index contributed by atoms with van der Waals surface area (Å²) in [6.07, 6.45) is 2.75. The van der Waals surface area contributed by atoms with Gasteiger partial charge in [0.05, 0.1) is 20.4 Å². The number of carbonyl (C=O) groups is 2. The highest BCUT2D eigenvalue weighted by atomic mass is 16.5.